The fourth-order valence-corrected chi connectivity index (χ4v) is 16.7. The van der Waals surface area contributed by atoms with Crippen LogP contribution in [0.1, 0.15) is 345 Å². The predicted octanol–water partition coefficient (Wildman–Crippen LogP) is 21.9. The first-order valence-electron chi connectivity index (χ1n) is 45.0. The molecule has 0 aromatic carbocycles. The molecule has 0 aromatic heterocycles. The van der Waals surface area contributed by atoms with Crippen LogP contribution in [0.4, 0.5) is 0 Å². The number of nitrogens with zero attached hydrogens (tertiary/aromatic N) is 6. The third-order valence-electron chi connectivity index (χ3n) is 25.5. The highest BCUT2D eigenvalue weighted by atomic mass is 16.5. The molecule has 0 radical (unpaired) electrons. The highest BCUT2D eigenvalue weighted by Crippen LogP contribution is 2.60. The Kier molecular flexibility index (Phi) is 48.7. The van der Waals surface area contributed by atoms with Gasteiger partial charge in [-0.05, 0) is 204 Å². The summed E-state index contributed by atoms with van der Waals surface area (Å²) in [5.41, 5.74) is 0.898. The van der Waals surface area contributed by atoms with Crippen molar-refractivity contribution in [1.29, 1.82) is 0 Å². The van der Waals surface area contributed by atoms with Gasteiger partial charge in [-0.2, -0.15) is 0 Å². The summed E-state index contributed by atoms with van der Waals surface area (Å²) in [4.78, 5) is 58.6. The molecular formula is C92H178N6O6. The minimum atomic E-state index is 0.119. The van der Waals surface area contributed by atoms with Crippen molar-refractivity contribution < 1.29 is 28.7 Å². The van der Waals surface area contributed by atoms with Crippen LogP contribution >= 0.6 is 0 Å². The summed E-state index contributed by atoms with van der Waals surface area (Å²) in [5.74, 6) is 15.2. The van der Waals surface area contributed by atoms with Gasteiger partial charge < -0.3 is 34.0 Å². The van der Waals surface area contributed by atoms with Gasteiger partial charge in [0, 0.05) is 116 Å². The Hall–Kier alpha value is -2.28. The number of hydrogen-bond donors (Lipinski definition) is 0. The number of morpholine rings is 1. The number of ether oxygens (including phenoxy) is 2. The van der Waals surface area contributed by atoms with Crippen LogP contribution in [0.3, 0.4) is 0 Å². The van der Waals surface area contributed by atoms with Crippen molar-refractivity contribution in [3.05, 3.63) is 0 Å². The van der Waals surface area contributed by atoms with Gasteiger partial charge in [0.15, 0.2) is 0 Å². The van der Waals surface area contributed by atoms with Crippen molar-refractivity contribution in [2.45, 2.75) is 357 Å². The van der Waals surface area contributed by atoms with E-state index >= 15 is 0 Å². The van der Waals surface area contributed by atoms with Crippen molar-refractivity contribution >= 4 is 23.6 Å². The molecule has 0 bridgehead atoms. The number of carbonyl (C=O) groups is 4. The van der Waals surface area contributed by atoms with Gasteiger partial charge in [0.2, 0.25) is 23.6 Å². The van der Waals surface area contributed by atoms with Gasteiger partial charge in [0.1, 0.15) is 0 Å². The van der Waals surface area contributed by atoms with E-state index in [-0.39, 0.29) is 17.7 Å². The fraction of sp³-hybridized carbons (Fsp3) is 0.957. The Morgan fingerprint density at radius 2 is 0.683 bits per heavy atom. The van der Waals surface area contributed by atoms with Crippen molar-refractivity contribution in [3.63, 3.8) is 0 Å². The van der Waals surface area contributed by atoms with E-state index in [2.05, 4.69) is 141 Å². The maximum Gasteiger partial charge on any atom is 0.225 e. The average molecular weight is 1460 g/mol. The molecule has 1 unspecified atom stereocenters. The van der Waals surface area contributed by atoms with E-state index in [1.54, 1.807) is 25.7 Å². The molecule has 0 aromatic rings. The van der Waals surface area contributed by atoms with Crippen LogP contribution in [0.5, 0.6) is 0 Å². The molecule has 12 nitrogen and oxygen atoms in total. The van der Waals surface area contributed by atoms with E-state index in [9.17, 15) is 19.2 Å². The third-order valence-corrected chi connectivity index (χ3v) is 25.5. The molecule has 12 heteroatoms. The van der Waals surface area contributed by atoms with E-state index in [1.807, 2.05) is 47.3 Å². The molecule has 13 fully saturated rings. The van der Waals surface area contributed by atoms with Crippen molar-refractivity contribution in [2.75, 3.05) is 105 Å². The van der Waals surface area contributed by atoms with E-state index in [0.29, 0.717) is 48.9 Å². The first-order valence-corrected chi connectivity index (χ1v) is 45.0. The fourth-order valence-electron chi connectivity index (χ4n) is 16.7. The third kappa shape index (κ3) is 39.6. The van der Waals surface area contributed by atoms with Crippen LogP contribution in [0.25, 0.3) is 0 Å². The Morgan fingerprint density at radius 3 is 0.933 bits per heavy atom. The lowest BCUT2D eigenvalue weighted by molar-refractivity contribution is -0.138. The molecule has 1 atom stereocenters. The second kappa shape index (κ2) is 52.8. The zero-order chi connectivity index (χ0) is 77.5. The smallest absolute Gasteiger partial charge is 0.225 e. The van der Waals surface area contributed by atoms with E-state index in [0.717, 1.165) is 160 Å². The van der Waals surface area contributed by atoms with Gasteiger partial charge >= 0.3 is 0 Å². The quantitative estimate of drug-likeness (QED) is 0.169. The molecule has 1 spiro atoms. The lowest BCUT2D eigenvalue weighted by Crippen LogP contribution is -2.49. The zero-order valence-electron chi connectivity index (χ0n) is 73.4. The highest BCUT2D eigenvalue weighted by Gasteiger charge is 2.48. The molecule has 7 heterocycles. The molecule has 104 heavy (non-hydrogen) atoms. The minimum absolute atomic E-state index is 0.119. The van der Waals surface area contributed by atoms with Gasteiger partial charge in [-0.15, -0.1) is 0 Å². The van der Waals surface area contributed by atoms with Crippen LogP contribution < -0.4 is 0 Å². The SMILES string of the molecule is CC(C)C(=O)N1CCCC1.CC(C)C(=O)N1CCOCC1.CC(C)C1CC2(CCC2)C1.CC(C)C1CCC1.CC(C)C1CCCC1.CC(C)C1CCCC1.CC(C)C1CCCO1.CC(C)C1CN(C)C1.CC(C)C1CN(C2CC2)C1.CC(C)CC(=O)N1CCCCC1.CC(C)CC(=O)N1CCCCC1. The maximum atomic E-state index is 11.5. The number of amides is 4. The Bertz CT molecular complexity index is 2070. The molecule has 0 N–H and O–H groups in total. The van der Waals surface area contributed by atoms with Gasteiger partial charge in [0.05, 0.1) is 19.3 Å². The monoisotopic (exact) mass is 1460 g/mol. The maximum absolute atomic E-state index is 11.5. The summed E-state index contributed by atoms with van der Waals surface area (Å²) in [6, 6.07) is 1.01. The molecule has 6 saturated carbocycles. The average Bonchev–Trinajstić information content (AvgIpc) is 1.01. The van der Waals surface area contributed by atoms with Gasteiger partial charge in [0.25, 0.3) is 0 Å². The molecule has 6 aliphatic carbocycles. The summed E-state index contributed by atoms with van der Waals surface area (Å²) in [7, 11) is 2.18. The number of carbonyl (C=O) groups excluding carboxylic acids is 4. The van der Waals surface area contributed by atoms with Crippen LogP contribution in [0, 0.1) is 106 Å². The highest BCUT2D eigenvalue weighted by molar-refractivity contribution is 5.79. The lowest BCUT2D eigenvalue weighted by Gasteiger charge is -2.55. The number of hydrogen-bond acceptors (Lipinski definition) is 8. The Labute approximate surface area is 646 Å². The standard InChI is InChI=1S/2C10H19NO.C10H18.C9H17N.C8H15NO2.C8H15NO.2C8H16.C7H15N.C7H14O.C7H14/c2*1-9(2)8-10(12)11-6-4-3-5-7-11;1-8(2)9-6-10(7-9)4-3-5-10;1-7(2)8-5-10(6-8)9-3-4-9;1-7(2)8(10)9-3-5-11-6-4-9;1-7(2)8(10)9-5-3-4-6-9;2*1-7(2)8-5-3-4-6-8;1-6(2)7-4-8(3)5-7;1-6(2)7-4-3-5-8-7;1-6(2)7-4-3-5-7/h2*9H,3-8H2,1-2H3;8-9H,3-7H2,1-2H3;7-9H,3-6H2,1-2H3;7H,3-6H2,1-2H3;7H,3-6H2,1-2H3;2*7-8H,3-6H2,1-2H3;6-7H,4-5H2,1-3H3;6-7H,3-5H2,1-2H3;6-7H,3-5H2,1-2H3. The zero-order valence-corrected chi connectivity index (χ0v) is 73.4. The molecule has 13 aliphatic rings. The molecule has 612 valence electrons. The minimum Gasteiger partial charge on any atom is -0.378 e. The lowest BCUT2D eigenvalue weighted by atomic mass is 9.50. The summed E-state index contributed by atoms with van der Waals surface area (Å²) in [6.45, 7) is 63.9. The van der Waals surface area contributed by atoms with Crippen molar-refractivity contribution in [3.8, 4) is 0 Å². The summed E-state index contributed by atoms with van der Waals surface area (Å²) in [6.07, 6.45) is 41.5. The van der Waals surface area contributed by atoms with Gasteiger partial charge in [-0.3, -0.25) is 24.1 Å². The van der Waals surface area contributed by atoms with Crippen LogP contribution in [-0.4, -0.2) is 171 Å². The molecule has 4 amide bonds. The van der Waals surface area contributed by atoms with Gasteiger partial charge in [-0.1, -0.05) is 229 Å². The molecule has 7 aliphatic heterocycles. The summed E-state index contributed by atoms with van der Waals surface area (Å²) in [5, 5.41) is 0. The summed E-state index contributed by atoms with van der Waals surface area (Å²) >= 11 is 0. The molecule has 13 rings (SSSR count). The first-order chi connectivity index (χ1) is 49.2. The predicted molar refractivity (Wildman–Crippen MR) is 445 cm³/mol. The largest absolute Gasteiger partial charge is 0.378 e. The van der Waals surface area contributed by atoms with E-state index in [4.69, 9.17) is 9.47 Å². The van der Waals surface area contributed by atoms with E-state index < -0.39 is 0 Å². The van der Waals surface area contributed by atoms with Crippen LogP contribution in [0.2, 0.25) is 0 Å². The number of piperidine rings is 2. The Balaban J connectivity index is 0.000000298. The van der Waals surface area contributed by atoms with Gasteiger partial charge in [-0.25, -0.2) is 0 Å². The van der Waals surface area contributed by atoms with Crippen molar-refractivity contribution in [1.82, 2.24) is 29.4 Å². The summed E-state index contributed by atoms with van der Waals surface area (Å²) < 4.78 is 10.6. The second-order valence-corrected chi connectivity index (χ2v) is 38.8. The normalized spacial score (nSPS) is 22.9. The Morgan fingerprint density at radius 1 is 0.337 bits per heavy atom. The molecular weight excluding hydrogens is 1290 g/mol. The van der Waals surface area contributed by atoms with Crippen LogP contribution in [-0.2, 0) is 28.7 Å². The number of rotatable bonds is 14. The molecule has 7 saturated heterocycles. The second-order valence-electron chi connectivity index (χ2n) is 38.8. The topological polar surface area (TPSA) is 106 Å². The van der Waals surface area contributed by atoms with Crippen molar-refractivity contribution in [2.24, 2.45) is 106 Å². The first kappa shape index (κ1) is 95.9. The van der Waals surface area contributed by atoms with E-state index in [1.165, 1.54) is 180 Å². The number of likely N-dealkylation sites (tertiary alicyclic amines) is 5. The van der Waals surface area contributed by atoms with Crippen LogP contribution in [0.15, 0.2) is 0 Å².